The first kappa shape index (κ1) is 18.3. The molecule has 3 aromatic rings. The zero-order chi connectivity index (χ0) is 19.7. The lowest BCUT2D eigenvalue weighted by atomic mass is 9.90. The molecule has 0 unspecified atom stereocenters. The van der Waals surface area contributed by atoms with Crippen molar-refractivity contribution >= 4 is 5.91 Å². The maximum atomic E-state index is 12.9. The van der Waals surface area contributed by atoms with E-state index in [-0.39, 0.29) is 11.8 Å². The van der Waals surface area contributed by atoms with Crippen LogP contribution in [0.25, 0.3) is 11.3 Å². The third-order valence-corrected chi connectivity index (χ3v) is 5.44. The van der Waals surface area contributed by atoms with Gasteiger partial charge in [-0.25, -0.2) is 9.97 Å². The Kier molecular flexibility index (Phi) is 4.93. The minimum atomic E-state index is 0.0596. The Morgan fingerprint density at radius 2 is 2.04 bits per heavy atom. The summed E-state index contributed by atoms with van der Waals surface area (Å²) in [6.45, 7) is 8.01. The quantitative estimate of drug-likeness (QED) is 0.691. The van der Waals surface area contributed by atoms with Gasteiger partial charge in [-0.15, -0.1) is 0 Å². The van der Waals surface area contributed by atoms with Crippen LogP contribution in [0.5, 0.6) is 0 Å². The number of rotatable bonds is 4. The molecule has 28 heavy (non-hydrogen) atoms. The zero-order valence-corrected chi connectivity index (χ0v) is 16.4. The van der Waals surface area contributed by atoms with Crippen LogP contribution in [0.2, 0.25) is 0 Å². The van der Waals surface area contributed by atoms with Crippen LogP contribution in [0.1, 0.15) is 53.1 Å². The molecule has 8 nitrogen and oxygen atoms in total. The summed E-state index contributed by atoms with van der Waals surface area (Å²) in [5.74, 6) is 1.01. The lowest BCUT2D eigenvalue weighted by molar-refractivity contribution is 0.0711. The molecule has 0 aliphatic carbocycles. The second-order valence-electron chi connectivity index (χ2n) is 7.18. The first-order valence-electron chi connectivity index (χ1n) is 9.63. The van der Waals surface area contributed by atoms with Crippen LogP contribution in [0.3, 0.4) is 0 Å². The number of hydrogen-bond acceptors (Lipinski definition) is 6. The summed E-state index contributed by atoms with van der Waals surface area (Å²) >= 11 is 0. The van der Waals surface area contributed by atoms with E-state index in [1.54, 1.807) is 18.7 Å². The number of hydrogen-bond donors (Lipinski definition) is 0. The summed E-state index contributed by atoms with van der Waals surface area (Å²) in [7, 11) is 0. The van der Waals surface area contributed by atoms with Gasteiger partial charge in [-0.3, -0.25) is 9.48 Å². The van der Waals surface area contributed by atoms with Crippen molar-refractivity contribution in [1.82, 2.24) is 29.8 Å². The monoisotopic (exact) mass is 380 g/mol. The van der Waals surface area contributed by atoms with Gasteiger partial charge in [-0.05, 0) is 33.6 Å². The Hall–Kier alpha value is -3.03. The van der Waals surface area contributed by atoms with Gasteiger partial charge in [-0.2, -0.15) is 5.10 Å². The average molecular weight is 380 g/mol. The fourth-order valence-corrected chi connectivity index (χ4v) is 3.85. The van der Waals surface area contributed by atoms with Gasteiger partial charge in [-0.1, -0.05) is 5.16 Å². The smallest absolute Gasteiger partial charge is 0.257 e. The number of aromatic nitrogens is 5. The minimum Gasteiger partial charge on any atom is -0.356 e. The number of piperidine rings is 1. The molecule has 1 aliphatic heterocycles. The number of nitrogens with zero attached hydrogens (tertiary/aromatic N) is 6. The Balaban J connectivity index is 1.49. The van der Waals surface area contributed by atoms with Crippen molar-refractivity contribution in [3.05, 3.63) is 47.4 Å². The second kappa shape index (κ2) is 7.53. The Morgan fingerprint density at radius 1 is 1.25 bits per heavy atom. The van der Waals surface area contributed by atoms with Crippen molar-refractivity contribution in [3.8, 4) is 11.3 Å². The van der Waals surface area contributed by atoms with Crippen molar-refractivity contribution in [3.63, 3.8) is 0 Å². The highest BCUT2D eigenvalue weighted by atomic mass is 16.5. The van der Waals surface area contributed by atoms with Crippen molar-refractivity contribution < 1.29 is 9.32 Å². The van der Waals surface area contributed by atoms with Crippen LogP contribution in [-0.2, 0) is 6.54 Å². The molecular weight excluding hydrogens is 356 g/mol. The first-order valence-corrected chi connectivity index (χ1v) is 9.63. The molecule has 3 aromatic heterocycles. The zero-order valence-electron chi connectivity index (χ0n) is 16.4. The van der Waals surface area contributed by atoms with Gasteiger partial charge in [0.15, 0.2) is 5.76 Å². The lowest BCUT2D eigenvalue weighted by Crippen LogP contribution is -2.38. The Bertz CT molecular complexity index is 984. The molecule has 1 amide bonds. The molecule has 4 rings (SSSR count). The van der Waals surface area contributed by atoms with Gasteiger partial charge in [0, 0.05) is 43.5 Å². The van der Waals surface area contributed by atoms with Crippen LogP contribution in [0, 0.1) is 13.8 Å². The molecule has 146 valence electrons. The summed E-state index contributed by atoms with van der Waals surface area (Å²) in [5, 5.41) is 8.27. The molecule has 1 aliphatic rings. The molecule has 0 spiro atoms. The summed E-state index contributed by atoms with van der Waals surface area (Å²) in [4.78, 5) is 23.5. The molecule has 1 saturated heterocycles. The number of carbonyl (C=O) groups excluding carboxylic acids is 1. The van der Waals surface area contributed by atoms with Crippen LogP contribution in [-0.4, -0.2) is 48.8 Å². The predicted octanol–water partition coefficient (Wildman–Crippen LogP) is 2.98. The van der Waals surface area contributed by atoms with E-state index in [0.29, 0.717) is 24.4 Å². The maximum Gasteiger partial charge on any atom is 0.257 e. The molecule has 0 bridgehead atoms. The molecule has 0 aromatic carbocycles. The van der Waals surface area contributed by atoms with Gasteiger partial charge in [0.05, 0.1) is 28.7 Å². The van der Waals surface area contributed by atoms with Crippen LogP contribution >= 0.6 is 0 Å². The van der Waals surface area contributed by atoms with E-state index in [1.165, 1.54) is 0 Å². The van der Waals surface area contributed by atoms with Crippen molar-refractivity contribution in [2.75, 3.05) is 13.1 Å². The molecule has 8 heteroatoms. The highest BCUT2D eigenvalue weighted by Crippen LogP contribution is 2.34. The summed E-state index contributed by atoms with van der Waals surface area (Å²) in [6.07, 6.45) is 6.74. The van der Waals surface area contributed by atoms with E-state index in [1.807, 2.05) is 36.4 Å². The third-order valence-electron chi connectivity index (χ3n) is 5.44. The number of aryl methyl sites for hydroxylation is 2. The van der Waals surface area contributed by atoms with Crippen LogP contribution in [0.4, 0.5) is 0 Å². The number of carbonyl (C=O) groups is 1. The van der Waals surface area contributed by atoms with Gasteiger partial charge >= 0.3 is 0 Å². The first-order chi connectivity index (χ1) is 13.6. The highest BCUT2D eigenvalue weighted by molar-refractivity contribution is 5.95. The topological polar surface area (TPSA) is 89.9 Å². The number of likely N-dealkylation sites (tertiary alicyclic amines) is 1. The normalized spacial score (nSPS) is 15.2. The van der Waals surface area contributed by atoms with Gasteiger partial charge < -0.3 is 9.42 Å². The van der Waals surface area contributed by atoms with E-state index in [0.717, 1.165) is 42.0 Å². The van der Waals surface area contributed by atoms with E-state index >= 15 is 0 Å². The Labute approximate surface area is 163 Å². The van der Waals surface area contributed by atoms with E-state index in [2.05, 4.69) is 20.2 Å². The third kappa shape index (κ3) is 3.30. The lowest BCUT2D eigenvalue weighted by Gasteiger charge is -2.32. The van der Waals surface area contributed by atoms with E-state index in [9.17, 15) is 4.79 Å². The van der Waals surface area contributed by atoms with Crippen LogP contribution < -0.4 is 0 Å². The SMILES string of the molecule is CCn1ncc(C(=O)N2CCC(c3ncncc3-c3cc(C)no3)CC2)c1C. The predicted molar refractivity (Wildman–Crippen MR) is 103 cm³/mol. The Morgan fingerprint density at radius 3 is 2.68 bits per heavy atom. The van der Waals surface area contributed by atoms with Gasteiger partial charge in [0.25, 0.3) is 5.91 Å². The van der Waals surface area contributed by atoms with E-state index in [4.69, 9.17) is 4.52 Å². The van der Waals surface area contributed by atoms with E-state index < -0.39 is 0 Å². The average Bonchev–Trinajstić information content (AvgIpc) is 3.33. The summed E-state index contributed by atoms with van der Waals surface area (Å²) in [6, 6.07) is 1.90. The molecule has 4 heterocycles. The molecule has 0 N–H and O–H groups in total. The summed E-state index contributed by atoms with van der Waals surface area (Å²) in [5.41, 5.74) is 4.29. The molecule has 0 atom stereocenters. The highest BCUT2D eigenvalue weighted by Gasteiger charge is 2.29. The van der Waals surface area contributed by atoms with Crippen molar-refractivity contribution in [2.24, 2.45) is 0 Å². The van der Waals surface area contributed by atoms with Crippen LogP contribution in [0.15, 0.2) is 29.3 Å². The van der Waals surface area contributed by atoms with Crippen molar-refractivity contribution in [2.45, 2.75) is 46.1 Å². The summed E-state index contributed by atoms with van der Waals surface area (Å²) < 4.78 is 7.28. The van der Waals surface area contributed by atoms with Gasteiger partial charge in [0.2, 0.25) is 0 Å². The molecule has 0 radical (unpaired) electrons. The fourth-order valence-electron chi connectivity index (χ4n) is 3.85. The second-order valence-corrected chi connectivity index (χ2v) is 7.18. The van der Waals surface area contributed by atoms with Crippen molar-refractivity contribution in [1.29, 1.82) is 0 Å². The van der Waals surface area contributed by atoms with Gasteiger partial charge in [0.1, 0.15) is 6.33 Å². The molecular formula is C20H24N6O2. The fraction of sp³-hybridized carbons (Fsp3) is 0.450. The largest absolute Gasteiger partial charge is 0.356 e. The molecule has 1 fully saturated rings. The number of amides is 1. The standard InChI is InChI=1S/C20H24N6O2/c1-4-26-14(3)16(11-23-26)20(27)25-7-5-15(6-8-25)19-17(10-21-12-22-19)18-9-13(2)24-28-18/h9-12,15H,4-8H2,1-3H3. The minimum absolute atomic E-state index is 0.0596. The molecule has 0 saturated carbocycles. The maximum absolute atomic E-state index is 12.9.